The monoisotopic (exact) mass is 300 g/mol. The van der Waals surface area contributed by atoms with Crippen molar-refractivity contribution < 1.29 is 13.2 Å². The van der Waals surface area contributed by atoms with Crippen molar-refractivity contribution in [3.63, 3.8) is 0 Å². The van der Waals surface area contributed by atoms with Crippen LogP contribution in [0, 0.1) is 0 Å². The van der Waals surface area contributed by atoms with E-state index in [1.54, 1.807) is 12.1 Å². The Hall–Kier alpha value is -1.11. The quantitative estimate of drug-likeness (QED) is 0.686. The summed E-state index contributed by atoms with van der Waals surface area (Å²) in [6, 6.07) is 7.66. The molecule has 1 aromatic rings. The molecule has 20 heavy (non-hydrogen) atoms. The molecule has 0 amide bonds. The highest BCUT2D eigenvalue weighted by Gasteiger charge is 2.10. The lowest BCUT2D eigenvalue weighted by Crippen LogP contribution is -2.20. The summed E-state index contributed by atoms with van der Waals surface area (Å²) >= 11 is 0. The summed E-state index contributed by atoms with van der Waals surface area (Å²) in [4.78, 5) is 0. The molecule has 2 N–H and O–H groups in total. The van der Waals surface area contributed by atoms with E-state index >= 15 is 0 Å². The topological polar surface area (TPSA) is 67.4 Å². The van der Waals surface area contributed by atoms with Crippen LogP contribution in [0.4, 0.5) is 5.69 Å². The van der Waals surface area contributed by atoms with Gasteiger partial charge in [-0.3, -0.25) is 4.72 Å². The molecule has 0 heterocycles. The molecular formula is C14H24N2O3S. The lowest BCUT2D eigenvalue weighted by molar-refractivity contribution is 0.163. The van der Waals surface area contributed by atoms with Gasteiger partial charge in [-0.25, -0.2) is 8.42 Å². The van der Waals surface area contributed by atoms with Gasteiger partial charge >= 0.3 is 0 Å². The van der Waals surface area contributed by atoms with Gasteiger partial charge in [0.2, 0.25) is 10.0 Å². The highest BCUT2D eigenvalue weighted by atomic mass is 32.2. The van der Waals surface area contributed by atoms with Crippen molar-refractivity contribution in [3.05, 3.63) is 29.8 Å². The number of rotatable bonds is 9. The molecular weight excluding hydrogens is 276 g/mol. The smallest absolute Gasteiger partial charge is 0.234 e. The second kappa shape index (κ2) is 8.24. The van der Waals surface area contributed by atoms with Crippen LogP contribution in [-0.4, -0.2) is 33.9 Å². The van der Waals surface area contributed by atoms with Gasteiger partial charge in [0, 0.05) is 18.3 Å². The maximum atomic E-state index is 11.8. The van der Waals surface area contributed by atoms with Gasteiger partial charge < -0.3 is 10.1 Å². The Labute approximate surface area is 121 Å². The SMILES string of the molecule is CCNC(C)c1ccc(NS(=O)(=O)CCOCC)cc1. The summed E-state index contributed by atoms with van der Waals surface area (Å²) in [6.07, 6.45) is 0. The van der Waals surface area contributed by atoms with Gasteiger partial charge in [-0.15, -0.1) is 0 Å². The van der Waals surface area contributed by atoms with Crippen molar-refractivity contribution in [1.29, 1.82) is 0 Å². The summed E-state index contributed by atoms with van der Waals surface area (Å²) in [6.45, 7) is 7.59. The second-order valence-electron chi connectivity index (χ2n) is 4.52. The minimum atomic E-state index is -3.34. The Bertz CT molecular complexity index is 486. The van der Waals surface area contributed by atoms with Crippen LogP contribution in [-0.2, 0) is 14.8 Å². The van der Waals surface area contributed by atoms with E-state index in [-0.39, 0.29) is 18.4 Å². The Morgan fingerprint density at radius 2 is 1.85 bits per heavy atom. The first kappa shape index (κ1) is 16.9. The molecule has 0 aliphatic heterocycles. The summed E-state index contributed by atoms with van der Waals surface area (Å²) in [5.41, 5.74) is 1.71. The first-order valence-electron chi connectivity index (χ1n) is 6.90. The molecule has 0 bridgehead atoms. The van der Waals surface area contributed by atoms with Crippen LogP contribution >= 0.6 is 0 Å². The molecule has 5 nitrogen and oxygen atoms in total. The lowest BCUT2D eigenvalue weighted by Gasteiger charge is -2.14. The predicted molar refractivity (Wildman–Crippen MR) is 82.4 cm³/mol. The van der Waals surface area contributed by atoms with Crippen LogP contribution in [0.1, 0.15) is 32.4 Å². The first-order chi connectivity index (χ1) is 9.48. The van der Waals surface area contributed by atoms with Crippen molar-refractivity contribution in [2.24, 2.45) is 0 Å². The van der Waals surface area contributed by atoms with Gasteiger partial charge in [0.25, 0.3) is 0 Å². The molecule has 6 heteroatoms. The molecule has 1 rings (SSSR count). The fourth-order valence-corrected chi connectivity index (χ4v) is 2.74. The minimum absolute atomic E-state index is 0.0314. The zero-order chi connectivity index (χ0) is 15.0. The third-order valence-electron chi connectivity index (χ3n) is 2.89. The third-order valence-corrected chi connectivity index (χ3v) is 4.15. The zero-order valence-electron chi connectivity index (χ0n) is 12.3. The number of nitrogens with one attached hydrogen (secondary N) is 2. The molecule has 0 aliphatic carbocycles. The van der Waals surface area contributed by atoms with E-state index in [0.29, 0.717) is 12.3 Å². The average molecular weight is 300 g/mol. The van der Waals surface area contributed by atoms with Crippen molar-refractivity contribution in [2.75, 3.05) is 30.2 Å². The van der Waals surface area contributed by atoms with E-state index < -0.39 is 10.0 Å². The average Bonchev–Trinajstić information content (AvgIpc) is 2.39. The van der Waals surface area contributed by atoms with Crippen molar-refractivity contribution in [1.82, 2.24) is 5.32 Å². The highest BCUT2D eigenvalue weighted by Crippen LogP contribution is 2.16. The van der Waals surface area contributed by atoms with E-state index in [1.807, 2.05) is 19.1 Å². The Balaban J connectivity index is 2.60. The molecule has 0 aromatic heterocycles. The summed E-state index contributed by atoms with van der Waals surface area (Å²) in [7, 11) is -3.34. The maximum absolute atomic E-state index is 11.8. The highest BCUT2D eigenvalue weighted by molar-refractivity contribution is 7.92. The van der Waals surface area contributed by atoms with Crippen LogP contribution in [0.3, 0.4) is 0 Å². The van der Waals surface area contributed by atoms with Crippen LogP contribution in [0.2, 0.25) is 0 Å². The predicted octanol–water partition coefficient (Wildman–Crippen LogP) is 2.14. The molecule has 0 radical (unpaired) electrons. The van der Waals surface area contributed by atoms with Crippen LogP contribution in [0.15, 0.2) is 24.3 Å². The van der Waals surface area contributed by atoms with Gasteiger partial charge in [0.05, 0.1) is 12.4 Å². The van der Waals surface area contributed by atoms with Crippen molar-refractivity contribution >= 4 is 15.7 Å². The molecule has 1 unspecified atom stereocenters. The van der Waals surface area contributed by atoms with Crippen LogP contribution < -0.4 is 10.0 Å². The third kappa shape index (κ3) is 5.90. The molecule has 0 saturated carbocycles. The van der Waals surface area contributed by atoms with Gasteiger partial charge in [0.1, 0.15) is 0 Å². The lowest BCUT2D eigenvalue weighted by atomic mass is 10.1. The van der Waals surface area contributed by atoms with Crippen LogP contribution in [0.25, 0.3) is 0 Å². The fourth-order valence-electron chi connectivity index (χ4n) is 1.81. The number of benzene rings is 1. The van der Waals surface area contributed by atoms with E-state index in [4.69, 9.17) is 4.74 Å². The Morgan fingerprint density at radius 1 is 1.20 bits per heavy atom. The van der Waals surface area contributed by atoms with Gasteiger partial charge in [-0.2, -0.15) is 0 Å². The first-order valence-corrected chi connectivity index (χ1v) is 8.55. The Morgan fingerprint density at radius 3 is 2.40 bits per heavy atom. The number of hydrogen-bond acceptors (Lipinski definition) is 4. The Kier molecular flexibility index (Phi) is 6.98. The van der Waals surface area contributed by atoms with Crippen molar-refractivity contribution in [2.45, 2.75) is 26.8 Å². The van der Waals surface area contributed by atoms with E-state index in [0.717, 1.165) is 12.1 Å². The van der Waals surface area contributed by atoms with E-state index in [1.165, 1.54) is 0 Å². The van der Waals surface area contributed by atoms with Gasteiger partial charge in [-0.1, -0.05) is 19.1 Å². The standard InChI is InChI=1S/C14H24N2O3S/c1-4-15-12(3)13-6-8-14(9-7-13)16-20(17,18)11-10-19-5-2/h6-9,12,15-16H,4-5,10-11H2,1-3H3. The normalized spacial score (nSPS) is 13.2. The van der Waals surface area contributed by atoms with E-state index in [2.05, 4.69) is 23.9 Å². The minimum Gasteiger partial charge on any atom is -0.381 e. The summed E-state index contributed by atoms with van der Waals surface area (Å²) in [5.74, 6) is -0.0314. The fraction of sp³-hybridized carbons (Fsp3) is 0.571. The van der Waals surface area contributed by atoms with Crippen molar-refractivity contribution in [3.8, 4) is 0 Å². The number of sulfonamides is 1. The molecule has 1 aromatic carbocycles. The molecule has 0 saturated heterocycles. The number of hydrogen-bond donors (Lipinski definition) is 2. The maximum Gasteiger partial charge on any atom is 0.234 e. The molecule has 1 atom stereocenters. The summed E-state index contributed by atoms with van der Waals surface area (Å²) in [5, 5.41) is 3.31. The molecule has 0 spiro atoms. The van der Waals surface area contributed by atoms with Gasteiger partial charge in [0.15, 0.2) is 0 Å². The summed E-state index contributed by atoms with van der Waals surface area (Å²) < 4.78 is 31.2. The van der Waals surface area contributed by atoms with Gasteiger partial charge in [-0.05, 0) is 38.1 Å². The van der Waals surface area contributed by atoms with E-state index in [9.17, 15) is 8.42 Å². The molecule has 0 aliphatic rings. The largest absolute Gasteiger partial charge is 0.381 e. The van der Waals surface area contributed by atoms with Crippen LogP contribution in [0.5, 0.6) is 0 Å². The zero-order valence-corrected chi connectivity index (χ0v) is 13.2. The molecule has 114 valence electrons. The molecule has 0 fully saturated rings. The number of anilines is 1. The number of ether oxygens (including phenoxy) is 1. The second-order valence-corrected chi connectivity index (χ2v) is 6.36.